The van der Waals surface area contributed by atoms with Gasteiger partial charge in [0.05, 0.1) is 17.5 Å². The van der Waals surface area contributed by atoms with Crippen LogP contribution >= 0.6 is 0 Å². The SMILES string of the molecule is O=C(O)CNC(=O)CNC(=O)c1ccc(F)cc1[N+](=O)[O-]. The van der Waals surface area contributed by atoms with E-state index in [1.54, 1.807) is 0 Å². The third-order valence-corrected chi connectivity index (χ3v) is 2.25. The number of nitrogens with zero attached hydrogens (tertiary/aromatic N) is 1. The van der Waals surface area contributed by atoms with E-state index in [1.165, 1.54) is 0 Å². The van der Waals surface area contributed by atoms with Crippen LogP contribution in [0, 0.1) is 15.9 Å². The number of carboxylic acids is 1. The van der Waals surface area contributed by atoms with Crippen LogP contribution in [0.15, 0.2) is 18.2 Å². The number of nitro benzene ring substituents is 1. The van der Waals surface area contributed by atoms with Gasteiger partial charge in [-0.25, -0.2) is 4.39 Å². The van der Waals surface area contributed by atoms with Crippen LogP contribution in [-0.4, -0.2) is 40.9 Å². The van der Waals surface area contributed by atoms with Gasteiger partial charge in [-0.3, -0.25) is 24.5 Å². The largest absolute Gasteiger partial charge is 0.480 e. The van der Waals surface area contributed by atoms with Crippen molar-refractivity contribution in [2.75, 3.05) is 13.1 Å². The maximum atomic E-state index is 12.9. The number of halogens is 1. The molecule has 0 radical (unpaired) electrons. The number of nitrogens with one attached hydrogen (secondary N) is 2. The molecule has 1 aromatic rings. The van der Waals surface area contributed by atoms with Gasteiger partial charge in [-0.2, -0.15) is 0 Å². The van der Waals surface area contributed by atoms with Crippen LogP contribution in [-0.2, 0) is 9.59 Å². The Labute approximate surface area is 116 Å². The summed E-state index contributed by atoms with van der Waals surface area (Å²) in [5.74, 6) is -3.87. The van der Waals surface area contributed by atoms with E-state index in [0.717, 1.165) is 12.1 Å². The molecule has 2 amide bonds. The van der Waals surface area contributed by atoms with Crippen molar-refractivity contribution in [2.24, 2.45) is 0 Å². The Balaban J connectivity index is 2.70. The van der Waals surface area contributed by atoms with Crippen LogP contribution < -0.4 is 10.6 Å². The predicted molar refractivity (Wildman–Crippen MR) is 66.0 cm³/mol. The van der Waals surface area contributed by atoms with Gasteiger partial charge in [-0.05, 0) is 12.1 Å². The average molecular weight is 299 g/mol. The van der Waals surface area contributed by atoms with E-state index in [4.69, 9.17) is 5.11 Å². The van der Waals surface area contributed by atoms with E-state index < -0.39 is 52.9 Å². The lowest BCUT2D eigenvalue weighted by Crippen LogP contribution is -2.39. The Morgan fingerprint density at radius 1 is 1.24 bits per heavy atom. The highest BCUT2D eigenvalue weighted by molar-refractivity contribution is 5.99. The van der Waals surface area contributed by atoms with E-state index in [1.807, 2.05) is 5.32 Å². The van der Waals surface area contributed by atoms with E-state index >= 15 is 0 Å². The molecule has 0 bridgehead atoms. The molecule has 10 heteroatoms. The zero-order valence-electron chi connectivity index (χ0n) is 10.5. The summed E-state index contributed by atoms with van der Waals surface area (Å²) < 4.78 is 12.9. The predicted octanol–water partition coefficient (Wildman–Crippen LogP) is -0.335. The van der Waals surface area contributed by atoms with E-state index in [-0.39, 0.29) is 0 Å². The molecule has 0 saturated heterocycles. The van der Waals surface area contributed by atoms with Crippen LogP contribution in [0.4, 0.5) is 10.1 Å². The lowest BCUT2D eigenvalue weighted by atomic mass is 10.1. The Bertz CT molecular complexity index is 604. The molecule has 1 rings (SSSR count). The molecule has 3 N–H and O–H groups in total. The summed E-state index contributed by atoms with van der Waals surface area (Å²) in [4.78, 5) is 42.8. The summed E-state index contributed by atoms with van der Waals surface area (Å²) in [5, 5.41) is 23.1. The highest BCUT2D eigenvalue weighted by atomic mass is 19.1. The van der Waals surface area contributed by atoms with Crippen molar-refractivity contribution in [1.82, 2.24) is 10.6 Å². The number of rotatable bonds is 6. The summed E-state index contributed by atoms with van der Waals surface area (Å²) in [5.41, 5.74) is -1.15. The molecular weight excluding hydrogens is 289 g/mol. The molecular formula is C11H10FN3O6. The number of carboxylic acid groups (broad SMARTS) is 1. The monoisotopic (exact) mass is 299 g/mol. The summed E-state index contributed by atoms with van der Waals surface area (Å²) in [7, 11) is 0. The van der Waals surface area contributed by atoms with Gasteiger partial charge in [0.25, 0.3) is 11.6 Å². The number of benzene rings is 1. The number of aliphatic carboxylic acids is 1. The van der Waals surface area contributed by atoms with Crippen molar-refractivity contribution >= 4 is 23.5 Å². The Morgan fingerprint density at radius 2 is 1.90 bits per heavy atom. The van der Waals surface area contributed by atoms with Gasteiger partial charge in [0.1, 0.15) is 17.9 Å². The molecule has 0 aromatic heterocycles. The zero-order valence-corrected chi connectivity index (χ0v) is 10.5. The first kappa shape index (κ1) is 16.0. The van der Waals surface area contributed by atoms with Gasteiger partial charge >= 0.3 is 5.97 Å². The second-order valence-corrected chi connectivity index (χ2v) is 3.77. The van der Waals surface area contributed by atoms with Gasteiger partial charge in [-0.1, -0.05) is 0 Å². The summed E-state index contributed by atoms with van der Waals surface area (Å²) in [6, 6.07) is 2.36. The van der Waals surface area contributed by atoms with E-state index in [2.05, 4.69) is 5.32 Å². The van der Waals surface area contributed by atoms with Gasteiger partial charge in [0.2, 0.25) is 5.91 Å². The molecule has 0 aliphatic rings. The van der Waals surface area contributed by atoms with Crippen LogP contribution in [0.3, 0.4) is 0 Å². The fraction of sp³-hybridized carbons (Fsp3) is 0.182. The standard InChI is InChI=1S/C11H10FN3O6/c12-6-1-2-7(8(3-6)15(20)21)11(19)14-4-9(16)13-5-10(17)18/h1-3H,4-5H2,(H,13,16)(H,14,19)(H,17,18). The van der Waals surface area contributed by atoms with Crippen LogP contribution in [0.25, 0.3) is 0 Å². The smallest absolute Gasteiger partial charge is 0.322 e. The molecule has 112 valence electrons. The van der Waals surface area contributed by atoms with Gasteiger partial charge < -0.3 is 15.7 Å². The first-order valence-electron chi connectivity index (χ1n) is 5.52. The molecule has 0 heterocycles. The molecule has 0 aliphatic carbocycles. The third kappa shape index (κ3) is 4.86. The maximum absolute atomic E-state index is 12.9. The summed E-state index contributed by atoms with van der Waals surface area (Å²) in [6.45, 7) is -1.19. The quantitative estimate of drug-likeness (QED) is 0.485. The molecule has 0 aliphatic heterocycles. The number of hydrogen-bond acceptors (Lipinski definition) is 5. The fourth-order valence-electron chi connectivity index (χ4n) is 1.34. The Kier molecular flexibility index (Phi) is 5.29. The van der Waals surface area contributed by atoms with Crippen LogP contribution in [0.2, 0.25) is 0 Å². The first-order chi connectivity index (χ1) is 9.81. The van der Waals surface area contributed by atoms with Crippen molar-refractivity contribution in [3.63, 3.8) is 0 Å². The number of nitro groups is 1. The molecule has 0 spiro atoms. The normalized spacial score (nSPS) is 9.76. The van der Waals surface area contributed by atoms with Crippen molar-refractivity contribution in [3.05, 3.63) is 39.7 Å². The van der Waals surface area contributed by atoms with Crippen molar-refractivity contribution in [3.8, 4) is 0 Å². The third-order valence-electron chi connectivity index (χ3n) is 2.25. The lowest BCUT2D eigenvalue weighted by Gasteiger charge is -2.06. The minimum absolute atomic E-state index is 0.410. The average Bonchev–Trinajstić information content (AvgIpc) is 2.42. The highest BCUT2D eigenvalue weighted by Gasteiger charge is 2.21. The number of amides is 2. The minimum Gasteiger partial charge on any atom is -0.480 e. The first-order valence-corrected chi connectivity index (χ1v) is 5.52. The Morgan fingerprint density at radius 3 is 2.48 bits per heavy atom. The second kappa shape index (κ2) is 6.93. The van der Waals surface area contributed by atoms with E-state index in [0.29, 0.717) is 6.07 Å². The van der Waals surface area contributed by atoms with Gasteiger partial charge in [0, 0.05) is 0 Å². The van der Waals surface area contributed by atoms with Crippen molar-refractivity contribution in [2.45, 2.75) is 0 Å². The van der Waals surface area contributed by atoms with Gasteiger partial charge in [0.15, 0.2) is 0 Å². The number of carbonyl (C=O) groups excluding carboxylic acids is 2. The van der Waals surface area contributed by atoms with Crippen molar-refractivity contribution in [1.29, 1.82) is 0 Å². The summed E-state index contributed by atoms with van der Waals surface area (Å²) in [6.07, 6.45) is 0. The molecule has 0 saturated carbocycles. The van der Waals surface area contributed by atoms with Crippen LogP contribution in [0.5, 0.6) is 0 Å². The molecule has 0 atom stereocenters. The van der Waals surface area contributed by atoms with Gasteiger partial charge in [-0.15, -0.1) is 0 Å². The molecule has 1 aromatic carbocycles. The maximum Gasteiger partial charge on any atom is 0.322 e. The van der Waals surface area contributed by atoms with E-state index in [9.17, 15) is 28.9 Å². The highest BCUT2D eigenvalue weighted by Crippen LogP contribution is 2.19. The molecule has 0 fully saturated rings. The fourth-order valence-corrected chi connectivity index (χ4v) is 1.34. The number of hydrogen-bond donors (Lipinski definition) is 3. The zero-order chi connectivity index (χ0) is 16.0. The minimum atomic E-state index is -1.26. The topological polar surface area (TPSA) is 139 Å². The molecule has 0 unspecified atom stereocenters. The van der Waals surface area contributed by atoms with Crippen LogP contribution in [0.1, 0.15) is 10.4 Å². The lowest BCUT2D eigenvalue weighted by molar-refractivity contribution is -0.385. The molecule has 21 heavy (non-hydrogen) atoms. The van der Waals surface area contributed by atoms with Crippen molar-refractivity contribution < 1.29 is 28.8 Å². The number of carbonyl (C=O) groups is 3. The Hall–Kier alpha value is -3.04. The summed E-state index contributed by atoms with van der Waals surface area (Å²) >= 11 is 0. The molecule has 9 nitrogen and oxygen atoms in total. The second-order valence-electron chi connectivity index (χ2n) is 3.77.